The van der Waals surface area contributed by atoms with E-state index in [9.17, 15) is 22.4 Å². The number of benzene rings is 2. The zero-order valence-corrected chi connectivity index (χ0v) is 16.0. The third kappa shape index (κ3) is 4.02. The molecule has 1 saturated heterocycles. The highest BCUT2D eigenvalue weighted by molar-refractivity contribution is 5.84. The Labute approximate surface area is 170 Å². The van der Waals surface area contributed by atoms with Crippen LogP contribution in [0.25, 0.3) is 16.6 Å². The smallest absolute Gasteiger partial charge is 0.369 e. The van der Waals surface area contributed by atoms with Crippen molar-refractivity contribution in [3.63, 3.8) is 0 Å². The maximum Gasteiger partial charge on any atom is 0.416 e. The fourth-order valence-corrected chi connectivity index (χ4v) is 3.99. The maximum absolute atomic E-state index is 13.9. The zero-order valence-electron chi connectivity index (χ0n) is 16.0. The van der Waals surface area contributed by atoms with E-state index in [-0.39, 0.29) is 18.4 Å². The first-order valence-electron chi connectivity index (χ1n) is 9.59. The standard InChI is InChI=1S/C21H20F4N4O/c22-15-3-6-17-18(11-15)29(16-4-1-14(2-5-16)21(23,24)25)27-20(17)13-7-9-28(10-8-13)12-19(26)30/h1-6,11,13H,7-10,12H2,(H2,26,30). The normalized spacial score (nSPS) is 16.3. The number of fused-ring (bicyclic) bond motifs is 1. The van der Waals surface area contributed by atoms with Crippen LogP contribution in [-0.2, 0) is 11.0 Å². The number of primary amides is 1. The first-order valence-corrected chi connectivity index (χ1v) is 9.59. The van der Waals surface area contributed by atoms with Crippen molar-refractivity contribution in [3.8, 4) is 5.69 Å². The lowest BCUT2D eigenvalue weighted by Crippen LogP contribution is -2.39. The number of nitrogens with zero attached hydrogens (tertiary/aromatic N) is 3. The van der Waals surface area contributed by atoms with Gasteiger partial charge in [0, 0.05) is 17.4 Å². The van der Waals surface area contributed by atoms with Crippen molar-refractivity contribution in [2.45, 2.75) is 24.9 Å². The number of carbonyl (C=O) groups is 1. The van der Waals surface area contributed by atoms with Gasteiger partial charge in [-0.25, -0.2) is 9.07 Å². The summed E-state index contributed by atoms with van der Waals surface area (Å²) < 4.78 is 54.1. The fourth-order valence-electron chi connectivity index (χ4n) is 3.99. The predicted molar refractivity (Wildman–Crippen MR) is 104 cm³/mol. The molecule has 158 valence electrons. The number of carbonyl (C=O) groups excluding carboxylic acids is 1. The molecule has 4 rings (SSSR count). The molecule has 9 heteroatoms. The van der Waals surface area contributed by atoms with Crippen LogP contribution in [-0.4, -0.2) is 40.2 Å². The van der Waals surface area contributed by atoms with Crippen LogP contribution >= 0.6 is 0 Å². The molecule has 1 aliphatic heterocycles. The largest absolute Gasteiger partial charge is 0.416 e. The summed E-state index contributed by atoms with van der Waals surface area (Å²) in [6.45, 7) is 1.57. The van der Waals surface area contributed by atoms with Crippen molar-refractivity contribution in [1.29, 1.82) is 0 Å². The van der Waals surface area contributed by atoms with Crippen molar-refractivity contribution in [1.82, 2.24) is 14.7 Å². The van der Waals surface area contributed by atoms with Gasteiger partial charge in [-0.05, 0) is 62.3 Å². The zero-order chi connectivity index (χ0) is 21.5. The SMILES string of the molecule is NC(=O)CN1CCC(c2nn(-c3ccc(C(F)(F)F)cc3)c3cc(F)ccc23)CC1. The van der Waals surface area contributed by atoms with Gasteiger partial charge in [0.05, 0.1) is 29.0 Å². The number of hydrogen-bond donors (Lipinski definition) is 1. The Morgan fingerprint density at radius 1 is 1.10 bits per heavy atom. The van der Waals surface area contributed by atoms with Crippen LogP contribution in [0.1, 0.15) is 30.0 Å². The lowest BCUT2D eigenvalue weighted by Gasteiger charge is -2.30. The minimum atomic E-state index is -4.43. The minimum Gasteiger partial charge on any atom is -0.369 e. The second-order valence-electron chi connectivity index (χ2n) is 7.52. The summed E-state index contributed by atoms with van der Waals surface area (Å²) in [7, 11) is 0. The van der Waals surface area contributed by atoms with Gasteiger partial charge < -0.3 is 5.73 Å². The van der Waals surface area contributed by atoms with Crippen LogP contribution in [0.3, 0.4) is 0 Å². The lowest BCUT2D eigenvalue weighted by atomic mass is 9.91. The number of nitrogens with two attached hydrogens (primary N) is 1. The summed E-state index contributed by atoms with van der Waals surface area (Å²) in [6, 6.07) is 9.00. The van der Waals surface area contributed by atoms with Crippen molar-refractivity contribution >= 4 is 16.8 Å². The van der Waals surface area contributed by atoms with Crippen LogP contribution in [0.5, 0.6) is 0 Å². The molecule has 30 heavy (non-hydrogen) atoms. The molecule has 3 aromatic rings. The van der Waals surface area contributed by atoms with Crippen LogP contribution in [0.4, 0.5) is 17.6 Å². The molecule has 1 aromatic heterocycles. The van der Waals surface area contributed by atoms with Crippen molar-refractivity contribution < 1.29 is 22.4 Å². The Kier molecular flexibility index (Phi) is 5.23. The molecule has 2 aromatic carbocycles. The molecular weight excluding hydrogens is 400 g/mol. The number of aromatic nitrogens is 2. The number of hydrogen-bond acceptors (Lipinski definition) is 3. The Bertz CT molecular complexity index is 1070. The third-order valence-electron chi connectivity index (χ3n) is 5.46. The van der Waals surface area contributed by atoms with Gasteiger partial charge in [0.25, 0.3) is 0 Å². The predicted octanol–water partition coefficient (Wildman–Crippen LogP) is 3.85. The average molecular weight is 420 g/mol. The minimum absolute atomic E-state index is 0.0952. The summed E-state index contributed by atoms with van der Waals surface area (Å²) in [5.74, 6) is -0.725. The molecule has 5 nitrogen and oxygen atoms in total. The first-order chi connectivity index (χ1) is 14.2. The van der Waals surface area contributed by atoms with Gasteiger partial charge in [-0.2, -0.15) is 18.3 Å². The molecule has 0 spiro atoms. The van der Waals surface area contributed by atoms with E-state index >= 15 is 0 Å². The number of amides is 1. The molecule has 2 heterocycles. The molecule has 1 aliphatic rings. The van der Waals surface area contributed by atoms with Gasteiger partial charge in [-0.1, -0.05) is 0 Å². The van der Waals surface area contributed by atoms with E-state index in [1.165, 1.54) is 28.9 Å². The molecule has 0 radical (unpaired) electrons. The highest BCUT2D eigenvalue weighted by atomic mass is 19.4. The topological polar surface area (TPSA) is 64.2 Å². The second-order valence-corrected chi connectivity index (χ2v) is 7.52. The third-order valence-corrected chi connectivity index (χ3v) is 5.46. The Hall–Kier alpha value is -2.94. The van der Waals surface area contributed by atoms with Crippen LogP contribution < -0.4 is 5.73 Å². The lowest BCUT2D eigenvalue weighted by molar-refractivity contribution is -0.137. The van der Waals surface area contributed by atoms with Crippen LogP contribution in [0.15, 0.2) is 42.5 Å². The van der Waals surface area contributed by atoms with E-state index < -0.39 is 17.6 Å². The van der Waals surface area contributed by atoms with Gasteiger partial charge in [-0.3, -0.25) is 9.69 Å². The molecule has 0 aliphatic carbocycles. The molecule has 0 unspecified atom stereocenters. The van der Waals surface area contributed by atoms with Crippen molar-refractivity contribution in [2.75, 3.05) is 19.6 Å². The van der Waals surface area contributed by atoms with Crippen LogP contribution in [0, 0.1) is 5.82 Å². The summed E-state index contributed by atoms with van der Waals surface area (Å²) in [5, 5.41) is 5.43. The van der Waals surface area contributed by atoms with E-state index in [0.29, 0.717) is 24.3 Å². The van der Waals surface area contributed by atoms with E-state index in [1.54, 1.807) is 6.07 Å². The molecule has 0 saturated carbocycles. The molecule has 1 amide bonds. The molecule has 1 fully saturated rings. The van der Waals surface area contributed by atoms with E-state index in [2.05, 4.69) is 5.10 Å². The maximum atomic E-state index is 13.9. The fraction of sp³-hybridized carbons (Fsp3) is 0.333. The number of rotatable bonds is 4. The first kappa shape index (κ1) is 20.3. The van der Waals surface area contributed by atoms with Crippen LogP contribution in [0.2, 0.25) is 0 Å². The average Bonchev–Trinajstić information content (AvgIpc) is 3.06. The Morgan fingerprint density at radius 3 is 2.37 bits per heavy atom. The van der Waals surface area contributed by atoms with Gasteiger partial charge in [-0.15, -0.1) is 0 Å². The van der Waals surface area contributed by atoms with E-state index in [4.69, 9.17) is 5.73 Å². The number of piperidine rings is 1. The van der Waals surface area contributed by atoms with Gasteiger partial charge in [0.1, 0.15) is 5.82 Å². The summed E-state index contributed by atoms with van der Waals surface area (Å²) >= 11 is 0. The van der Waals surface area contributed by atoms with Gasteiger partial charge >= 0.3 is 6.18 Å². The quantitative estimate of drug-likeness (QED) is 0.653. The summed E-state index contributed by atoms with van der Waals surface area (Å²) in [5.41, 5.74) is 6.22. The number of likely N-dealkylation sites (tertiary alicyclic amines) is 1. The highest BCUT2D eigenvalue weighted by Crippen LogP contribution is 2.35. The summed E-state index contributed by atoms with van der Waals surface area (Å²) in [6.07, 6.45) is -2.92. The van der Waals surface area contributed by atoms with Crippen molar-refractivity contribution in [3.05, 3.63) is 59.5 Å². The summed E-state index contributed by atoms with van der Waals surface area (Å²) in [4.78, 5) is 13.1. The molecular formula is C21H20F4N4O. The molecule has 2 N–H and O–H groups in total. The second kappa shape index (κ2) is 7.71. The van der Waals surface area contributed by atoms with E-state index in [0.717, 1.165) is 36.1 Å². The van der Waals surface area contributed by atoms with Gasteiger partial charge in [0.15, 0.2) is 0 Å². The monoisotopic (exact) mass is 420 g/mol. The van der Waals surface area contributed by atoms with Gasteiger partial charge in [0.2, 0.25) is 5.91 Å². The van der Waals surface area contributed by atoms with E-state index in [1.807, 2.05) is 4.90 Å². The Morgan fingerprint density at radius 2 is 1.77 bits per heavy atom. The number of halogens is 4. The number of alkyl halides is 3. The molecule has 0 bridgehead atoms. The highest BCUT2D eigenvalue weighted by Gasteiger charge is 2.30. The van der Waals surface area contributed by atoms with Crippen molar-refractivity contribution in [2.24, 2.45) is 5.73 Å². The Balaban J connectivity index is 1.69. The molecule has 0 atom stereocenters.